The van der Waals surface area contributed by atoms with E-state index in [0.717, 1.165) is 40.8 Å². The van der Waals surface area contributed by atoms with Crippen molar-refractivity contribution < 1.29 is 4.79 Å². The summed E-state index contributed by atoms with van der Waals surface area (Å²) in [4.78, 5) is 20.7. The third-order valence-corrected chi connectivity index (χ3v) is 4.78. The van der Waals surface area contributed by atoms with Crippen LogP contribution in [0.15, 0.2) is 36.5 Å². The third kappa shape index (κ3) is 4.53. The first kappa shape index (κ1) is 16.0. The lowest BCUT2D eigenvalue weighted by Gasteiger charge is -2.22. The van der Waals surface area contributed by atoms with Gasteiger partial charge in [0.05, 0.1) is 5.69 Å². The van der Waals surface area contributed by atoms with Gasteiger partial charge < -0.3 is 10.6 Å². The van der Waals surface area contributed by atoms with Gasteiger partial charge in [-0.2, -0.15) is 11.8 Å². The Labute approximate surface area is 140 Å². The van der Waals surface area contributed by atoms with Crippen molar-refractivity contribution in [2.24, 2.45) is 0 Å². The minimum atomic E-state index is 0.0426. The molecule has 1 aliphatic heterocycles. The summed E-state index contributed by atoms with van der Waals surface area (Å²) in [7, 11) is 0. The fourth-order valence-electron chi connectivity index (χ4n) is 2.56. The van der Waals surface area contributed by atoms with Gasteiger partial charge in [-0.3, -0.25) is 4.79 Å². The van der Waals surface area contributed by atoms with Gasteiger partial charge in [-0.25, -0.2) is 9.97 Å². The number of rotatable bonds is 4. The zero-order chi connectivity index (χ0) is 16.1. The number of nitrogens with zero attached hydrogens (tertiary/aromatic N) is 2. The molecule has 23 heavy (non-hydrogen) atoms. The molecule has 1 atom stereocenters. The summed E-state index contributed by atoms with van der Waals surface area (Å²) < 4.78 is 0. The molecule has 1 aliphatic rings. The van der Waals surface area contributed by atoms with Crippen LogP contribution in [0.3, 0.4) is 0 Å². The van der Waals surface area contributed by atoms with Crippen LogP contribution in [0.5, 0.6) is 0 Å². The number of anilines is 1. The molecule has 6 heteroatoms. The maximum Gasteiger partial charge on any atom is 0.225 e. The van der Waals surface area contributed by atoms with Gasteiger partial charge in [-0.15, -0.1) is 0 Å². The van der Waals surface area contributed by atoms with Crippen LogP contribution in [0.1, 0.15) is 12.2 Å². The number of hydrogen-bond acceptors (Lipinski definition) is 5. The molecule has 0 saturated carbocycles. The first-order chi connectivity index (χ1) is 11.2. The molecule has 1 saturated heterocycles. The average Bonchev–Trinajstić information content (AvgIpc) is 2.56. The standard InChI is InChI=1S/C17H20N4OS/c1-12-18-6-5-16(20-12)13-3-2-4-14(9-13)21-17(22)10-15-11-23-8-7-19-15/h2-6,9,15,19H,7-8,10-11H2,1H3,(H,21,22). The lowest BCUT2D eigenvalue weighted by atomic mass is 10.1. The van der Waals surface area contributed by atoms with Crippen molar-refractivity contribution in [3.8, 4) is 11.3 Å². The summed E-state index contributed by atoms with van der Waals surface area (Å²) in [5.41, 5.74) is 2.63. The topological polar surface area (TPSA) is 66.9 Å². The highest BCUT2D eigenvalue weighted by Gasteiger charge is 2.16. The van der Waals surface area contributed by atoms with Crippen molar-refractivity contribution in [1.82, 2.24) is 15.3 Å². The van der Waals surface area contributed by atoms with Crippen LogP contribution in [0.25, 0.3) is 11.3 Å². The summed E-state index contributed by atoms with van der Waals surface area (Å²) in [5.74, 6) is 2.89. The maximum atomic E-state index is 12.2. The summed E-state index contributed by atoms with van der Waals surface area (Å²) in [6.45, 7) is 2.84. The van der Waals surface area contributed by atoms with E-state index in [1.165, 1.54) is 0 Å². The minimum absolute atomic E-state index is 0.0426. The fraction of sp³-hybridized carbons (Fsp3) is 0.353. The van der Waals surface area contributed by atoms with Crippen LogP contribution < -0.4 is 10.6 Å². The second-order valence-electron chi connectivity index (χ2n) is 5.55. The molecule has 2 heterocycles. The summed E-state index contributed by atoms with van der Waals surface area (Å²) in [6, 6.07) is 9.90. The largest absolute Gasteiger partial charge is 0.326 e. The van der Waals surface area contributed by atoms with Crippen LogP contribution in [-0.2, 0) is 4.79 Å². The predicted octanol–water partition coefficient (Wildman–Crippen LogP) is 2.49. The molecule has 1 amide bonds. The van der Waals surface area contributed by atoms with E-state index in [1.807, 2.05) is 49.0 Å². The third-order valence-electron chi connectivity index (χ3n) is 3.65. The molecule has 120 valence electrons. The van der Waals surface area contributed by atoms with Gasteiger partial charge in [-0.05, 0) is 25.1 Å². The minimum Gasteiger partial charge on any atom is -0.326 e. The van der Waals surface area contributed by atoms with E-state index in [1.54, 1.807) is 6.20 Å². The van der Waals surface area contributed by atoms with Gasteiger partial charge in [0.25, 0.3) is 0 Å². The van der Waals surface area contributed by atoms with E-state index in [2.05, 4.69) is 20.6 Å². The maximum absolute atomic E-state index is 12.2. The molecule has 0 bridgehead atoms. The fourth-order valence-corrected chi connectivity index (χ4v) is 3.51. The molecule has 1 aromatic carbocycles. The summed E-state index contributed by atoms with van der Waals surface area (Å²) in [5, 5.41) is 6.36. The molecular formula is C17H20N4OS. The highest BCUT2D eigenvalue weighted by molar-refractivity contribution is 7.99. The van der Waals surface area contributed by atoms with Gasteiger partial charge in [0.1, 0.15) is 5.82 Å². The van der Waals surface area contributed by atoms with Gasteiger partial charge in [0.15, 0.2) is 0 Å². The smallest absolute Gasteiger partial charge is 0.225 e. The normalized spacial score (nSPS) is 17.7. The first-order valence-corrected chi connectivity index (χ1v) is 8.87. The van der Waals surface area contributed by atoms with E-state index in [0.29, 0.717) is 6.42 Å². The Bertz CT molecular complexity index is 686. The second kappa shape index (κ2) is 7.57. The number of benzene rings is 1. The highest BCUT2D eigenvalue weighted by atomic mass is 32.2. The van der Waals surface area contributed by atoms with E-state index in [4.69, 9.17) is 0 Å². The molecule has 0 aliphatic carbocycles. The SMILES string of the molecule is Cc1nccc(-c2cccc(NC(=O)CC3CSCCN3)c2)n1. The predicted molar refractivity (Wildman–Crippen MR) is 94.6 cm³/mol. The van der Waals surface area contributed by atoms with Crippen molar-refractivity contribution in [1.29, 1.82) is 0 Å². The number of aromatic nitrogens is 2. The van der Waals surface area contributed by atoms with E-state index < -0.39 is 0 Å². The zero-order valence-electron chi connectivity index (χ0n) is 13.1. The molecule has 5 nitrogen and oxygen atoms in total. The van der Waals surface area contributed by atoms with Gasteiger partial charge in [0.2, 0.25) is 5.91 Å². The Morgan fingerprint density at radius 3 is 3.13 bits per heavy atom. The van der Waals surface area contributed by atoms with Gasteiger partial charge >= 0.3 is 0 Å². The van der Waals surface area contributed by atoms with E-state index in [9.17, 15) is 4.79 Å². The number of carbonyl (C=O) groups is 1. The molecule has 1 fully saturated rings. The van der Waals surface area contributed by atoms with Crippen LogP contribution >= 0.6 is 11.8 Å². The Morgan fingerprint density at radius 2 is 2.35 bits per heavy atom. The van der Waals surface area contributed by atoms with Crippen molar-refractivity contribution in [2.75, 3.05) is 23.4 Å². The number of nitrogens with one attached hydrogen (secondary N) is 2. The van der Waals surface area contributed by atoms with Crippen molar-refractivity contribution >= 4 is 23.4 Å². The van der Waals surface area contributed by atoms with Crippen molar-refractivity contribution in [2.45, 2.75) is 19.4 Å². The number of thioether (sulfide) groups is 1. The Kier molecular flexibility index (Phi) is 5.25. The quantitative estimate of drug-likeness (QED) is 0.902. The molecule has 0 radical (unpaired) electrons. The number of aryl methyl sites for hydroxylation is 1. The second-order valence-corrected chi connectivity index (χ2v) is 6.70. The molecule has 2 aromatic rings. The molecule has 1 aromatic heterocycles. The number of carbonyl (C=O) groups excluding carboxylic acids is 1. The van der Waals surface area contributed by atoms with Gasteiger partial charge in [-0.1, -0.05) is 12.1 Å². The molecular weight excluding hydrogens is 308 g/mol. The van der Waals surface area contributed by atoms with Crippen molar-refractivity contribution in [3.05, 3.63) is 42.4 Å². The monoisotopic (exact) mass is 328 g/mol. The summed E-state index contributed by atoms with van der Waals surface area (Å²) >= 11 is 1.90. The van der Waals surface area contributed by atoms with Gasteiger partial charge in [0, 0.05) is 48.0 Å². The number of amides is 1. The van der Waals surface area contributed by atoms with E-state index >= 15 is 0 Å². The van der Waals surface area contributed by atoms with Crippen LogP contribution in [0, 0.1) is 6.92 Å². The molecule has 1 unspecified atom stereocenters. The summed E-state index contributed by atoms with van der Waals surface area (Å²) in [6.07, 6.45) is 2.25. The Morgan fingerprint density at radius 1 is 1.43 bits per heavy atom. The first-order valence-electron chi connectivity index (χ1n) is 7.72. The Balaban J connectivity index is 1.66. The highest BCUT2D eigenvalue weighted by Crippen LogP contribution is 2.21. The lowest BCUT2D eigenvalue weighted by Crippen LogP contribution is -2.39. The lowest BCUT2D eigenvalue weighted by molar-refractivity contribution is -0.116. The average molecular weight is 328 g/mol. The van der Waals surface area contributed by atoms with Crippen LogP contribution in [0.2, 0.25) is 0 Å². The van der Waals surface area contributed by atoms with Crippen molar-refractivity contribution in [3.63, 3.8) is 0 Å². The number of hydrogen-bond donors (Lipinski definition) is 2. The van der Waals surface area contributed by atoms with Crippen LogP contribution in [0.4, 0.5) is 5.69 Å². The van der Waals surface area contributed by atoms with Crippen LogP contribution in [-0.4, -0.2) is 40.0 Å². The molecule has 3 rings (SSSR count). The zero-order valence-corrected chi connectivity index (χ0v) is 13.9. The molecule has 0 spiro atoms. The Hall–Kier alpha value is -1.92. The molecule has 2 N–H and O–H groups in total. The van der Waals surface area contributed by atoms with E-state index in [-0.39, 0.29) is 11.9 Å².